The third-order valence-electron chi connectivity index (χ3n) is 4.50. The number of nitrogens with zero attached hydrogens (tertiary/aromatic N) is 1. The first-order valence-corrected chi connectivity index (χ1v) is 9.36. The van der Waals surface area contributed by atoms with Gasteiger partial charge >= 0.3 is 5.97 Å². The molecule has 0 spiro atoms. The summed E-state index contributed by atoms with van der Waals surface area (Å²) >= 11 is 0. The molecule has 1 aromatic carbocycles. The molecule has 0 radical (unpaired) electrons. The maximum absolute atomic E-state index is 12.4. The quantitative estimate of drug-likeness (QED) is 0.428. The zero-order chi connectivity index (χ0) is 21.3. The number of carbonyl (C=O) groups excluding carboxylic acids is 3. The first kappa shape index (κ1) is 21.6. The van der Waals surface area contributed by atoms with Gasteiger partial charge in [-0.25, -0.2) is 4.79 Å². The number of hydrogen-bond acceptors (Lipinski definition) is 4. The Labute approximate surface area is 166 Å². The van der Waals surface area contributed by atoms with Gasteiger partial charge in [0, 0.05) is 24.1 Å². The summed E-state index contributed by atoms with van der Waals surface area (Å²) in [6, 6.07) is 7.41. The van der Waals surface area contributed by atoms with E-state index in [4.69, 9.17) is 4.74 Å². The van der Waals surface area contributed by atoms with Crippen LogP contribution in [0.5, 0.6) is 0 Å². The highest BCUT2D eigenvalue weighted by Gasteiger charge is 2.39. The van der Waals surface area contributed by atoms with Gasteiger partial charge in [-0.3, -0.25) is 14.2 Å². The molecule has 0 aliphatic rings. The second-order valence-corrected chi connectivity index (χ2v) is 9.21. The van der Waals surface area contributed by atoms with Gasteiger partial charge in [-0.2, -0.15) is 0 Å². The summed E-state index contributed by atoms with van der Waals surface area (Å²) in [5, 5.41) is 0.831. The Bertz CT molecular complexity index is 922. The highest BCUT2D eigenvalue weighted by atomic mass is 16.6. The molecule has 1 heterocycles. The van der Waals surface area contributed by atoms with Crippen LogP contribution in [0.15, 0.2) is 36.5 Å². The molecule has 0 fully saturated rings. The van der Waals surface area contributed by atoms with Crippen LogP contribution in [-0.4, -0.2) is 28.3 Å². The Morgan fingerprint density at radius 1 is 1.00 bits per heavy atom. The summed E-state index contributed by atoms with van der Waals surface area (Å²) in [6.45, 7) is 13.3. The molecule has 0 saturated heterocycles. The molecular formula is C23H29NO4. The summed E-state index contributed by atoms with van der Waals surface area (Å²) in [4.78, 5) is 36.5. The van der Waals surface area contributed by atoms with E-state index in [1.165, 1.54) is 17.6 Å². The number of benzene rings is 1. The highest BCUT2D eigenvalue weighted by molar-refractivity contribution is 6.39. The molecule has 0 aliphatic carbocycles. The smallest absolute Gasteiger partial charge is 0.379 e. The molecule has 28 heavy (non-hydrogen) atoms. The second kappa shape index (κ2) is 7.74. The van der Waals surface area contributed by atoms with Crippen molar-refractivity contribution in [3.05, 3.63) is 42.1 Å². The van der Waals surface area contributed by atoms with E-state index in [-0.39, 0.29) is 16.7 Å². The summed E-state index contributed by atoms with van der Waals surface area (Å²) < 4.78 is 7.08. The number of ether oxygens (including phenoxy) is 1. The SMILES string of the molecule is CC(=O)n1cc(/C=C/C(=O)C(=O)OC(C(C)(C)C)C(C)(C)C)c2ccccc21. The molecule has 150 valence electrons. The number of ketones is 1. The van der Waals surface area contributed by atoms with Gasteiger partial charge < -0.3 is 4.74 Å². The van der Waals surface area contributed by atoms with E-state index < -0.39 is 17.9 Å². The van der Waals surface area contributed by atoms with E-state index in [0.717, 1.165) is 10.9 Å². The van der Waals surface area contributed by atoms with Crippen LogP contribution in [0.3, 0.4) is 0 Å². The van der Waals surface area contributed by atoms with Gasteiger partial charge in [-0.05, 0) is 29.0 Å². The second-order valence-electron chi connectivity index (χ2n) is 9.21. The lowest BCUT2D eigenvalue weighted by Gasteiger charge is -2.39. The normalized spacial score (nSPS) is 12.7. The third kappa shape index (κ3) is 4.77. The average molecular weight is 383 g/mol. The Balaban J connectivity index is 2.25. The summed E-state index contributed by atoms with van der Waals surface area (Å²) in [5.74, 6) is -1.72. The Kier molecular flexibility index (Phi) is 5.97. The third-order valence-corrected chi connectivity index (χ3v) is 4.50. The molecule has 2 rings (SSSR count). The zero-order valence-corrected chi connectivity index (χ0v) is 17.7. The number of hydrogen-bond donors (Lipinski definition) is 0. The fourth-order valence-electron chi connectivity index (χ4n) is 3.65. The lowest BCUT2D eigenvalue weighted by Crippen LogP contribution is -2.43. The number of rotatable bonds is 4. The lowest BCUT2D eigenvalue weighted by molar-refractivity contribution is -0.167. The van der Waals surface area contributed by atoms with Crippen molar-refractivity contribution in [2.24, 2.45) is 10.8 Å². The largest absolute Gasteiger partial charge is 0.455 e. The van der Waals surface area contributed by atoms with E-state index >= 15 is 0 Å². The molecule has 0 saturated carbocycles. The number of esters is 1. The van der Waals surface area contributed by atoms with Crippen LogP contribution in [0, 0.1) is 10.8 Å². The molecule has 0 amide bonds. The van der Waals surface area contributed by atoms with E-state index in [1.54, 1.807) is 12.3 Å². The van der Waals surface area contributed by atoms with Gasteiger partial charge in [0.1, 0.15) is 6.10 Å². The highest BCUT2D eigenvalue weighted by Crippen LogP contribution is 2.36. The van der Waals surface area contributed by atoms with E-state index in [1.807, 2.05) is 65.8 Å². The monoisotopic (exact) mass is 383 g/mol. The summed E-state index contributed by atoms with van der Waals surface area (Å²) in [7, 11) is 0. The van der Waals surface area contributed by atoms with Crippen molar-refractivity contribution in [2.75, 3.05) is 0 Å². The summed E-state index contributed by atoms with van der Waals surface area (Å²) in [5.41, 5.74) is 0.847. The van der Waals surface area contributed by atoms with Crippen LogP contribution in [-0.2, 0) is 14.3 Å². The standard InChI is InChI=1S/C23H29NO4/c1-15(25)24-14-16(17-10-8-9-11-18(17)24)12-13-19(26)20(27)28-21(22(2,3)4)23(5,6)7/h8-14,21H,1-7H3/b13-12+. The predicted molar refractivity (Wildman–Crippen MR) is 111 cm³/mol. The lowest BCUT2D eigenvalue weighted by atomic mass is 9.74. The van der Waals surface area contributed by atoms with Gasteiger partial charge in [0.05, 0.1) is 5.52 Å². The Hall–Kier alpha value is -2.69. The first-order valence-electron chi connectivity index (χ1n) is 9.36. The predicted octanol–water partition coefficient (Wildman–Crippen LogP) is 4.89. The number of para-hydroxylation sites is 1. The molecule has 0 N–H and O–H groups in total. The molecular weight excluding hydrogens is 354 g/mol. The van der Waals surface area contributed by atoms with Crippen LogP contribution in [0.25, 0.3) is 17.0 Å². The van der Waals surface area contributed by atoms with Gasteiger partial charge in [-0.1, -0.05) is 59.7 Å². The minimum Gasteiger partial charge on any atom is -0.455 e. The molecule has 2 aromatic rings. The van der Waals surface area contributed by atoms with E-state index in [9.17, 15) is 14.4 Å². The van der Waals surface area contributed by atoms with Crippen molar-refractivity contribution in [3.63, 3.8) is 0 Å². The van der Waals surface area contributed by atoms with Crippen LogP contribution in [0.1, 0.15) is 58.8 Å². The topological polar surface area (TPSA) is 65.4 Å². The van der Waals surface area contributed by atoms with Crippen molar-refractivity contribution >= 4 is 34.6 Å². The maximum Gasteiger partial charge on any atom is 0.379 e. The van der Waals surface area contributed by atoms with E-state index in [0.29, 0.717) is 5.56 Å². The number of fused-ring (bicyclic) bond motifs is 1. The van der Waals surface area contributed by atoms with Crippen molar-refractivity contribution < 1.29 is 19.1 Å². The molecule has 5 heteroatoms. The van der Waals surface area contributed by atoms with Crippen molar-refractivity contribution in [3.8, 4) is 0 Å². The van der Waals surface area contributed by atoms with Crippen molar-refractivity contribution in [1.82, 2.24) is 4.57 Å². The van der Waals surface area contributed by atoms with Gasteiger partial charge in [0.15, 0.2) is 0 Å². The molecule has 5 nitrogen and oxygen atoms in total. The molecule has 1 aromatic heterocycles. The van der Waals surface area contributed by atoms with Crippen LogP contribution < -0.4 is 0 Å². The average Bonchev–Trinajstić information content (AvgIpc) is 2.94. The fourth-order valence-corrected chi connectivity index (χ4v) is 3.65. The van der Waals surface area contributed by atoms with Gasteiger partial charge in [0.2, 0.25) is 5.91 Å². The van der Waals surface area contributed by atoms with Crippen molar-refractivity contribution in [2.45, 2.75) is 54.6 Å². The minimum absolute atomic E-state index is 0.125. The number of aromatic nitrogens is 1. The van der Waals surface area contributed by atoms with E-state index in [2.05, 4.69) is 0 Å². The first-order chi connectivity index (χ1) is 12.8. The van der Waals surface area contributed by atoms with Crippen LogP contribution in [0.2, 0.25) is 0 Å². The van der Waals surface area contributed by atoms with Gasteiger partial charge in [-0.15, -0.1) is 0 Å². The fraction of sp³-hybridized carbons (Fsp3) is 0.435. The van der Waals surface area contributed by atoms with Crippen molar-refractivity contribution in [1.29, 1.82) is 0 Å². The minimum atomic E-state index is -0.874. The maximum atomic E-state index is 12.4. The van der Waals surface area contributed by atoms with Gasteiger partial charge in [0.25, 0.3) is 5.78 Å². The molecule has 0 unspecified atom stereocenters. The Morgan fingerprint density at radius 2 is 1.57 bits per heavy atom. The zero-order valence-electron chi connectivity index (χ0n) is 17.7. The molecule has 0 atom stereocenters. The molecule has 0 bridgehead atoms. The van der Waals surface area contributed by atoms with Crippen LogP contribution >= 0.6 is 0 Å². The Morgan fingerprint density at radius 3 is 2.11 bits per heavy atom. The summed E-state index contributed by atoms with van der Waals surface area (Å²) in [6.07, 6.45) is 4.00. The molecule has 0 aliphatic heterocycles. The number of carbonyl (C=O) groups is 3. The van der Waals surface area contributed by atoms with Crippen LogP contribution in [0.4, 0.5) is 0 Å².